The summed E-state index contributed by atoms with van der Waals surface area (Å²) in [5, 5.41) is 25.7. The zero-order valence-electron chi connectivity index (χ0n) is 33.4. The van der Waals surface area contributed by atoms with E-state index in [1.807, 2.05) is 0 Å². The summed E-state index contributed by atoms with van der Waals surface area (Å²) < 4.78 is 229. The SMILES string of the molecule is CNc1c(/N=N/c2ccc(S(=O)(=O)CCOS(=O)(=O)O)cc2S(=O)(=O)O)cc(/N=N/c2ccc(OC)cc2S(=O)(=O)O)c(N)c1/N=N/c1ccc(S(=O)(=O)CCOS(=O)(=O)O)cc1S(=O)(=O)O. The van der Waals surface area contributed by atoms with Crippen LogP contribution in [0.15, 0.2) is 116 Å². The molecule has 0 aliphatic heterocycles. The Morgan fingerprint density at radius 2 is 0.881 bits per heavy atom. The first-order chi connectivity index (χ1) is 30.7. The standard InChI is InChI=1S/C30H32N8O22S7/c1-32-29-24(37-34-21-7-4-18(14-26(21)64(46,47)48)61(39,40)11-9-59-66(52,53)54)16-23(36-33-20-6-3-17(58-2)13-25(20)63(43,44)45)28(31)30(29)38-35-22-8-5-19(15-27(22)65(49,50)51)62(41,42)12-10-60-67(55,56)57/h3-8,13-16,32H,9-12,31H2,1-2H3,(H,43,44,45)(H,46,47,48)(H,49,50,51)(H,52,53,54)(H,55,56,57)/b36-33+,37-34+,38-35+. The smallest absolute Gasteiger partial charge is 0.397 e. The topological polar surface area (TPSA) is 480 Å². The minimum Gasteiger partial charge on any atom is -0.497 e. The molecule has 0 heterocycles. The highest BCUT2D eigenvalue weighted by Gasteiger charge is 2.26. The number of nitrogens with two attached hydrogens (primary N) is 1. The quantitative estimate of drug-likeness (QED) is 0.0356. The molecule has 366 valence electrons. The van der Waals surface area contributed by atoms with E-state index in [1.165, 1.54) is 20.2 Å². The Balaban J connectivity index is 1.96. The third-order valence-electron chi connectivity index (χ3n) is 8.09. The fourth-order valence-electron chi connectivity index (χ4n) is 5.09. The lowest BCUT2D eigenvalue weighted by Gasteiger charge is -2.13. The van der Waals surface area contributed by atoms with Crippen molar-refractivity contribution in [1.29, 1.82) is 0 Å². The van der Waals surface area contributed by atoms with Crippen molar-refractivity contribution in [2.45, 2.75) is 24.5 Å². The lowest BCUT2D eigenvalue weighted by Crippen LogP contribution is -2.16. The number of ether oxygens (including phenoxy) is 1. The van der Waals surface area contributed by atoms with Crippen LogP contribution < -0.4 is 15.8 Å². The largest absolute Gasteiger partial charge is 0.497 e. The monoisotopic (exact) mass is 1080 g/mol. The number of sulfone groups is 2. The normalized spacial score (nSPS) is 13.5. The molecule has 8 N–H and O–H groups in total. The van der Waals surface area contributed by atoms with Crippen LogP contribution in [0.5, 0.6) is 5.75 Å². The summed E-state index contributed by atoms with van der Waals surface area (Å²) in [6.07, 6.45) is 0. The lowest BCUT2D eigenvalue weighted by atomic mass is 10.1. The maximum atomic E-state index is 12.8. The summed E-state index contributed by atoms with van der Waals surface area (Å²) in [5.41, 5.74) is 1.90. The van der Waals surface area contributed by atoms with Crippen LogP contribution in [-0.4, -0.2) is 121 Å². The molecule has 0 bridgehead atoms. The summed E-state index contributed by atoms with van der Waals surface area (Å²) in [6, 6.07) is 7.95. The average molecular weight is 1080 g/mol. The number of nitrogen functional groups attached to an aromatic ring is 1. The second-order valence-electron chi connectivity index (χ2n) is 12.6. The van der Waals surface area contributed by atoms with Crippen molar-refractivity contribution in [3.8, 4) is 5.75 Å². The van der Waals surface area contributed by atoms with E-state index < -0.39 is 160 Å². The molecule has 0 unspecified atom stereocenters. The molecular formula is C30H32N8O22S7. The molecule has 0 aromatic heterocycles. The van der Waals surface area contributed by atoms with Gasteiger partial charge in [-0.3, -0.25) is 22.8 Å². The number of hydrogen-bond acceptors (Lipinski definition) is 25. The van der Waals surface area contributed by atoms with Gasteiger partial charge >= 0.3 is 20.8 Å². The van der Waals surface area contributed by atoms with Gasteiger partial charge in [-0.2, -0.15) is 42.1 Å². The van der Waals surface area contributed by atoms with Crippen molar-refractivity contribution in [1.82, 2.24) is 0 Å². The predicted molar refractivity (Wildman–Crippen MR) is 227 cm³/mol. The Morgan fingerprint density at radius 3 is 1.27 bits per heavy atom. The molecule has 4 rings (SSSR count). The summed E-state index contributed by atoms with van der Waals surface area (Å²) in [7, 11) is -32.6. The van der Waals surface area contributed by atoms with Crippen LogP contribution in [0.4, 0.5) is 45.5 Å². The molecule has 0 aliphatic rings. The molecule has 0 atom stereocenters. The second-order valence-corrected chi connectivity index (χ2v) is 23.1. The Hall–Kier alpha value is -5.55. The average Bonchev–Trinajstić information content (AvgIpc) is 3.19. The molecule has 0 aliphatic carbocycles. The molecule has 0 amide bonds. The maximum absolute atomic E-state index is 12.8. The van der Waals surface area contributed by atoms with Crippen molar-refractivity contribution in [2.24, 2.45) is 30.7 Å². The fourth-order valence-corrected chi connectivity index (χ4v) is 10.2. The van der Waals surface area contributed by atoms with Gasteiger partial charge in [0.15, 0.2) is 19.7 Å². The van der Waals surface area contributed by atoms with E-state index in [9.17, 15) is 72.6 Å². The highest BCUT2D eigenvalue weighted by atomic mass is 32.3. The molecule has 0 radical (unpaired) electrons. The molecule has 4 aromatic carbocycles. The molecule has 4 aromatic rings. The first-order valence-electron chi connectivity index (χ1n) is 17.1. The van der Waals surface area contributed by atoms with Gasteiger partial charge in [0.05, 0.1) is 53.0 Å². The van der Waals surface area contributed by atoms with Crippen molar-refractivity contribution < 1.29 is 94.8 Å². The van der Waals surface area contributed by atoms with Gasteiger partial charge in [0.25, 0.3) is 30.4 Å². The Bertz CT molecular complexity index is 3510. The van der Waals surface area contributed by atoms with E-state index in [4.69, 9.17) is 19.6 Å². The van der Waals surface area contributed by atoms with Crippen molar-refractivity contribution in [3.05, 3.63) is 60.7 Å². The maximum Gasteiger partial charge on any atom is 0.397 e. The Morgan fingerprint density at radius 1 is 0.507 bits per heavy atom. The van der Waals surface area contributed by atoms with Crippen LogP contribution in [0.1, 0.15) is 0 Å². The Kier molecular flexibility index (Phi) is 16.4. The van der Waals surface area contributed by atoms with Gasteiger partial charge in [-0.25, -0.2) is 25.2 Å². The van der Waals surface area contributed by atoms with E-state index in [2.05, 4.69) is 44.4 Å². The van der Waals surface area contributed by atoms with E-state index in [1.54, 1.807) is 0 Å². The third kappa shape index (κ3) is 14.7. The molecule has 0 spiro atoms. The zero-order chi connectivity index (χ0) is 50.6. The van der Waals surface area contributed by atoms with E-state index >= 15 is 0 Å². The predicted octanol–water partition coefficient (Wildman–Crippen LogP) is 3.49. The summed E-state index contributed by atoms with van der Waals surface area (Å²) >= 11 is 0. The number of hydrogen-bond donors (Lipinski definition) is 7. The van der Waals surface area contributed by atoms with Crippen LogP contribution in [0.3, 0.4) is 0 Å². The van der Waals surface area contributed by atoms with Crippen LogP contribution in [-0.2, 0) is 79.2 Å². The number of nitrogens with zero attached hydrogens (tertiary/aromatic N) is 6. The summed E-state index contributed by atoms with van der Waals surface area (Å²) in [5.74, 6) is -2.28. The van der Waals surface area contributed by atoms with Crippen LogP contribution in [0.25, 0.3) is 0 Å². The second kappa shape index (κ2) is 20.4. The number of methoxy groups -OCH3 is 1. The molecular weight excluding hydrogens is 1050 g/mol. The molecule has 0 fully saturated rings. The molecule has 67 heavy (non-hydrogen) atoms. The minimum absolute atomic E-state index is 0.0445. The number of benzene rings is 4. The number of anilines is 2. The van der Waals surface area contributed by atoms with Gasteiger partial charge in [-0.05, 0) is 54.6 Å². The van der Waals surface area contributed by atoms with Crippen LogP contribution in [0.2, 0.25) is 0 Å². The highest BCUT2D eigenvalue weighted by Crippen LogP contribution is 2.48. The van der Waals surface area contributed by atoms with Crippen LogP contribution in [0, 0.1) is 0 Å². The van der Waals surface area contributed by atoms with E-state index in [0.29, 0.717) is 12.1 Å². The van der Waals surface area contributed by atoms with Crippen LogP contribution >= 0.6 is 0 Å². The minimum atomic E-state index is -5.37. The van der Waals surface area contributed by atoms with Crippen molar-refractivity contribution >= 4 is 116 Å². The molecule has 0 saturated heterocycles. The third-order valence-corrected chi connectivity index (χ3v) is 15.0. The molecule has 0 saturated carbocycles. The highest BCUT2D eigenvalue weighted by molar-refractivity contribution is 7.92. The van der Waals surface area contributed by atoms with Gasteiger partial charge in [0.2, 0.25) is 0 Å². The molecule has 30 nitrogen and oxygen atoms in total. The van der Waals surface area contributed by atoms with Gasteiger partial charge in [0.1, 0.15) is 54.6 Å². The first-order valence-corrected chi connectivity index (χ1v) is 27.5. The van der Waals surface area contributed by atoms with Crippen molar-refractivity contribution in [3.63, 3.8) is 0 Å². The lowest BCUT2D eigenvalue weighted by molar-refractivity contribution is 0.282. The fraction of sp³-hybridized carbons (Fsp3) is 0.200. The number of nitrogens with one attached hydrogen (secondary N) is 1. The Labute approximate surface area is 380 Å². The zero-order valence-corrected chi connectivity index (χ0v) is 39.1. The number of azo groups is 3. The van der Waals surface area contributed by atoms with Gasteiger partial charge < -0.3 is 15.8 Å². The summed E-state index contributed by atoms with van der Waals surface area (Å²) in [4.78, 5) is -4.82. The van der Waals surface area contributed by atoms with E-state index in [-0.39, 0.29) is 11.4 Å². The van der Waals surface area contributed by atoms with Gasteiger partial charge in [0, 0.05) is 13.1 Å². The molecule has 37 heteroatoms. The van der Waals surface area contributed by atoms with E-state index in [0.717, 1.165) is 42.5 Å². The summed E-state index contributed by atoms with van der Waals surface area (Å²) in [6.45, 7) is -2.22. The van der Waals surface area contributed by atoms with Gasteiger partial charge in [-0.1, -0.05) is 0 Å². The number of rotatable bonds is 21. The van der Waals surface area contributed by atoms with Crippen molar-refractivity contribution in [2.75, 3.05) is 49.9 Å². The first kappa shape index (κ1) is 54.1. The van der Waals surface area contributed by atoms with Gasteiger partial charge in [-0.15, -0.1) is 30.7 Å².